The van der Waals surface area contributed by atoms with Crippen molar-refractivity contribution in [2.24, 2.45) is 5.92 Å². The molecular formula is C23H23FN2O4. The average molecular weight is 410 g/mol. The Morgan fingerprint density at radius 1 is 1.17 bits per heavy atom. The van der Waals surface area contributed by atoms with Crippen molar-refractivity contribution >= 4 is 23.5 Å². The predicted molar refractivity (Wildman–Crippen MR) is 108 cm³/mol. The molecule has 1 saturated heterocycles. The summed E-state index contributed by atoms with van der Waals surface area (Å²) >= 11 is 0. The lowest BCUT2D eigenvalue weighted by molar-refractivity contribution is -0.159. The van der Waals surface area contributed by atoms with E-state index in [0.717, 1.165) is 0 Å². The van der Waals surface area contributed by atoms with E-state index in [-0.39, 0.29) is 37.2 Å². The number of carbonyl (C=O) groups is 3. The van der Waals surface area contributed by atoms with Crippen molar-refractivity contribution < 1.29 is 23.5 Å². The minimum atomic E-state index is -1.53. The molecule has 0 spiro atoms. The molecule has 30 heavy (non-hydrogen) atoms. The van der Waals surface area contributed by atoms with Crippen LogP contribution in [-0.4, -0.2) is 34.9 Å². The van der Waals surface area contributed by atoms with Crippen molar-refractivity contribution in [3.63, 3.8) is 0 Å². The second-order valence-corrected chi connectivity index (χ2v) is 8.08. The molecule has 2 aliphatic rings. The maximum atomic E-state index is 13.5. The molecular weight excluding hydrogens is 387 g/mol. The quantitative estimate of drug-likeness (QED) is 0.708. The zero-order valence-corrected chi connectivity index (χ0v) is 16.9. The molecule has 2 aromatic carbocycles. The third kappa shape index (κ3) is 3.14. The van der Waals surface area contributed by atoms with Gasteiger partial charge in [0.1, 0.15) is 12.4 Å². The van der Waals surface area contributed by atoms with Crippen molar-refractivity contribution in [3.8, 4) is 0 Å². The molecule has 1 fully saturated rings. The van der Waals surface area contributed by atoms with Crippen LogP contribution in [0, 0.1) is 11.7 Å². The first-order chi connectivity index (χ1) is 14.3. The number of ether oxygens (including phenoxy) is 1. The summed E-state index contributed by atoms with van der Waals surface area (Å²) in [6.07, 6.45) is 0.284. The number of esters is 1. The molecule has 0 saturated carbocycles. The van der Waals surface area contributed by atoms with E-state index in [4.69, 9.17) is 4.74 Å². The Labute approximate surface area is 174 Å². The molecule has 0 unspecified atom stereocenters. The second kappa shape index (κ2) is 7.55. The van der Waals surface area contributed by atoms with E-state index in [1.165, 1.54) is 28.0 Å². The third-order valence-electron chi connectivity index (χ3n) is 5.51. The Hall–Kier alpha value is -3.22. The fourth-order valence-electron chi connectivity index (χ4n) is 4.26. The molecule has 6 nitrogen and oxygen atoms in total. The van der Waals surface area contributed by atoms with Gasteiger partial charge in [-0.3, -0.25) is 14.5 Å². The number of anilines is 1. The molecule has 156 valence electrons. The van der Waals surface area contributed by atoms with Gasteiger partial charge >= 0.3 is 5.97 Å². The monoisotopic (exact) mass is 410 g/mol. The molecule has 2 amide bonds. The van der Waals surface area contributed by atoms with Crippen LogP contribution >= 0.6 is 0 Å². The van der Waals surface area contributed by atoms with Crippen molar-refractivity contribution in [1.82, 2.24) is 4.90 Å². The predicted octanol–water partition coefficient (Wildman–Crippen LogP) is 3.50. The topological polar surface area (TPSA) is 66.9 Å². The summed E-state index contributed by atoms with van der Waals surface area (Å²) in [5.74, 6) is -1.56. The van der Waals surface area contributed by atoms with E-state index in [9.17, 15) is 18.8 Å². The lowest BCUT2D eigenvalue weighted by Gasteiger charge is -2.48. The Kier molecular flexibility index (Phi) is 5.05. The minimum absolute atomic E-state index is 0.0738. The van der Waals surface area contributed by atoms with E-state index in [1.54, 1.807) is 30.3 Å². The van der Waals surface area contributed by atoms with Gasteiger partial charge in [0.2, 0.25) is 11.6 Å². The van der Waals surface area contributed by atoms with E-state index >= 15 is 0 Å². The summed E-state index contributed by atoms with van der Waals surface area (Å²) in [6.45, 7) is 4.04. The van der Waals surface area contributed by atoms with Crippen LogP contribution in [0.2, 0.25) is 0 Å². The molecule has 2 aromatic rings. The van der Waals surface area contributed by atoms with Gasteiger partial charge in [-0.1, -0.05) is 38.1 Å². The van der Waals surface area contributed by atoms with Gasteiger partial charge in [-0.05, 0) is 35.7 Å². The SMILES string of the molecule is CC(C)CN1C(=O)c2ccccc2N2C(=O)CC[C@@]12C(=O)OCc1cccc(F)c1. The van der Waals surface area contributed by atoms with E-state index in [1.807, 2.05) is 13.8 Å². The highest BCUT2D eigenvalue weighted by Gasteiger charge is 2.61. The highest BCUT2D eigenvalue weighted by atomic mass is 19.1. The Balaban J connectivity index is 1.75. The Morgan fingerprint density at radius 3 is 2.67 bits per heavy atom. The molecule has 0 radical (unpaired) electrons. The largest absolute Gasteiger partial charge is 0.458 e. The maximum absolute atomic E-state index is 13.5. The molecule has 0 aromatic heterocycles. The summed E-state index contributed by atoms with van der Waals surface area (Å²) in [5.41, 5.74) is -0.219. The zero-order valence-electron chi connectivity index (χ0n) is 16.9. The van der Waals surface area contributed by atoms with Gasteiger partial charge in [-0.15, -0.1) is 0 Å². The van der Waals surface area contributed by atoms with Crippen LogP contribution in [0.15, 0.2) is 48.5 Å². The van der Waals surface area contributed by atoms with Crippen molar-refractivity contribution in [2.75, 3.05) is 11.4 Å². The molecule has 1 atom stereocenters. The Bertz CT molecular complexity index is 1020. The van der Waals surface area contributed by atoms with Crippen LogP contribution in [0.3, 0.4) is 0 Å². The van der Waals surface area contributed by atoms with Gasteiger partial charge < -0.3 is 9.64 Å². The number of para-hydroxylation sites is 1. The molecule has 2 heterocycles. The van der Waals surface area contributed by atoms with E-state index in [0.29, 0.717) is 23.4 Å². The summed E-state index contributed by atoms with van der Waals surface area (Å²) < 4.78 is 19.0. The van der Waals surface area contributed by atoms with Gasteiger partial charge in [-0.25, -0.2) is 9.18 Å². The van der Waals surface area contributed by atoms with Crippen LogP contribution < -0.4 is 4.90 Å². The number of hydrogen-bond acceptors (Lipinski definition) is 4. The maximum Gasteiger partial charge on any atom is 0.354 e. The number of amides is 2. The van der Waals surface area contributed by atoms with Crippen LogP contribution in [0.1, 0.15) is 42.6 Å². The number of fused-ring (bicyclic) bond motifs is 3. The standard InChI is InChI=1S/C23H23FN2O4/c1-15(2)13-25-21(28)18-8-3-4-9-19(18)26-20(27)10-11-23(25,26)22(29)30-14-16-6-5-7-17(24)12-16/h3-9,12,15H,10-11,13-14H2,1-2H3/t23-/m1/s1. The molecule has 4 rings (SSSR count). The van der Waals surface area contributed by atoms with Crippen molar-refractivity contribution in [2.45, 2.75) is 39.0 Å². The van der Waals surface area contributed by atoms with Gasteiger partial charge in [0.15, 0.2) is 0 Å². The van der Waals surface area contributed by atoms with Gasteiger partial charge in [-0.2, -0.15) is 0 Å². The number of benzene rings is 2. The first kappa shape index (κ1) is 20.1. The van der Waals surface area contributed by atoms with E-state index in [2.05, 4.69) is 0 Å². The zero-order chi connectivity index (χ0) is 21.5. The number of halogens is 1. The normalized spacial score (nSPS) is 20.4. The molecule has 0 aliphatic carbocycles. The first-order valence-electron chi connectivity index (χ1n) is 10.0. The fraction of sp³-hybridized carbons (Fsp3) is 0.348. The molecule has 0 N–H and O–H groups in total. The summed E-state index contributed by atoms with van der Waals surface area (Å²) in [6, 6.07) is 12.6. The molecule has 0 bridgehead atoms. The Morgan fingerprint density at radius 2 is 1.93 bits per heavy atom. The summed E-state index contributed by atoms with van der Waals surface area (Å²) in [4.78, 5) is 42.6. The lowest BCUT2D eigenvalue weighted by atomic mass is 9.95. The third-order valence-corrected chi connectivity index (χ3v) is 5.51. The minimum Gasteiger partial charge on any atom is -0.458 e. The molecule has 7 heteroatoms. The van der Waals surface area contributed by atoms with Gasteiger partial charge in [0, 0.05) is 19.4 Å². The van der Waals surface area contributed by atoms with Gasteiger partial charge in [0.25, 0.3) is 5.91 Å². The summed E-state index contributed by atoms with van der Waals surface area (Å²) in [5, 5.41) is 0. The highest BCUT2D eigenvalue weighted by Crippen LogP contribution is 2.45. The van der Waals surface area contributed by atoms with Crippen LogP contribution in [0.5, 0.6) is 0 Å². The highest BCUT2D eigenvalue weighted by molar-refractivity contribution is 6.15. The van der Waals surface area contributed by atoms with Crippen LogP contribution in [0.4, 0.5) is 10.1 Å². The molecule has 2 aliphatic heterocycles. The van der Waals surface area contributed by atoms with Gasteiger partial charge in [0.05, 0.1) is 11.3 Å². The smallest absolute Gasteiger partial charge is 0.354 e. The van der Waals surface area contributed by atoms with Crippen LogP contribution in [0.25, 0.3) is 0 Å². The number of hydrogen-bond donors (Lipinski definition) is 0. The first-order valence-corrected chi connectivity index (χ1v) is 10.0. The number of rotatable bonds is 5. The fourth-order valence-corrected chi connectivity index (χ4v) is 4.26. The van der Waals surface area contributed by atoms with Crippen molar-refractivity contribution in [3.05, 3.63) is 65.5 Å². The van der Waals surface area contributed by atoms with Crippen molar-refractivity contribution in [1.29, 1.82) is 0 Å². The number of nitrogens with zero attached hydrogens (tertiary/aromatic N) is 2. The average Bonchev–Trinajstić information content (AvgIpc) is 3.07. The second-order valence-electron chi connectivity index (χ2n) is 8.08. The number of carbonyl (C=O) groups excluding carboxylic acids is 3. The van der Waals surface area contributed by atoms with Crippen LogP contribution in [-0.2, 0) is 20.9 Å². The van der Waals surface area contributed by atoms with E-state index < -0.39 is 17.4 Å². The summed E-state index contributed by atoms with van der Waals surface area (Å²) in [7, 11) is 0. The lowest BCUT2D eigenvalue weighted by Crippen LogP contribution is -2.69.